The summed E-state index contributed by atoms with van der Waals surface area (Å²) in [6, 6.07) is 13.8. The van der Waals surface area contributed by atoms with Crippen molar-refractivity contribution in [3.8, 4) is 28.3 Å². The Bertz CT molecular complexity index is 1920. The number of benzene rings is 2. The molecule has 0 radical (unpaired) electrons. The second-order valence-corrected chi connectivity index (χ2v) is 12.3. The minimum absolute atomic E-state index is 0.0104. The number of carbonyl (C=O) groups excluding carboxylic acids is 1. The number of aryl methyl sites for hydroxylation is 1. The SMILES string of the molecule is Cc1c(-c2cc3ccc(-c4ccc(F)c(O)c4)cc3n2CC2CC2)nn2cc(C(=O)N3CC4CCC3[C@@H]4N)cc(F)c12. The number of pyridine rings is 1. The first kappa shape index (κ1) is 25.5. The van der Waals surface area contributed by atoms with Gasteiger partial charge in [-0.15, -0.1) is 0 Å². The summed E-state index contributed by atoms with van der Waals surface area (Å²) in [7, 11) is 0. The van der Waals surface area contributed by atoms with E-state index in [2.05, 4.69) is 10.6 Å². The van der Waals surface area contributed by atoms with Crippen molar-refractivity contribution in [3.05, 3.63) is 77.5 Å². The Morgan fingerprint density at radius 1 is 1.02 bits per heavy atom. The molecule has 8 rings (SSSR count). The number of phenols is 1. The van der Waals surface area contributed by atoms with E-state index < -0.39 is 11.6 Å². The molecule has 2 aliphatic carbocycles. The number of aromatic nitrogens is 3. The van der Waals surface area contributed by atoms with Crippen LogP contribution in [0, 0.1) is 30.4 Å². The van der Waals surface area contributed by atoms with E-state index in [1.807, 2.05) is 30.0 Å². The fourth-order valence-corrected chi connectivity index (χ4v) is 7.16. The van der Waals surface area contributed by atoms with Crippen molar-refractivity contribution >= 4 is 22.3 Å². The number of fused-ring (bicyclic) bond motifs is 4. The lowest BCUT2D eigenvalue weighted by Crippen LogP contribution is -2.41. The highest BCUT2D eigenvalue weighted by Gasteiger charge is 2.47. The molecule has 2 bridgehead atoms. The average molecular weight is 568 g/mol. The molecular formula is C33H31F2N5O2. The normalized spacial score (nSPS) is 21.7. The largest absolute Gasteiger partial charge is 0.505 e. The van der Waals surface area contributed by atoms with E-state index in [9.17, 15) is 14.3 Å². The van der Waals surface area contributed by atoms with E-state index in [-0.39, 0.29) is 29.3 Å². The van der Waals surface area contributed by atoms with Crippen LogP contribution in [0.5, 0.6) is 5.75 Å². The number of nitrogens with zero attached hydrogens (tertiary/aromatic N) is 4. The molecule has 0 spiro atoms. The molecular weight excluding hydrogens is 536 g/mol. The highest BCUT2D eigenvalue weighted by molar-refractivity contribution is 5.95. The molecule has 4 heterocycles. The number of hydrogen-bond donors (Lipinski definition) is 2. The summed E-state index contributed by atoms with van der Waals surface area (Å²) < 4.78 is 33.1. The molecule has 3 aromatic heterocycles. The summed E-state index contributed by atoms with van der Waals surface area (Å²) >= 11 is 0. The number of likely N-dealkylation sites (tertiary alicyclic amines) is 1. The molecule has 3 N–H and O–H groups in total. The number of phenolic OH excluding ortho intramolecular Hbond substituents is 1. The fourth-order valence-electron chi connectivity index (χ4n) is 7.16. The van der Waals surface area contributed by atoms with Gasteiger partial charge in [0.05, 0.1) is 11.3 Å². The monoisotopic (exact) mass is 567 g/mol. The summed E-state index contributed by atoms with van der Waals surface area (Å²) in [6.07, 6.45) is 5.87. The Hall–Kier alpha value is -4.24. The highest BCUT2D eigenvalue weighted by Crippen LogP contribution is 2.40. The van der Waals surface area contributed by atoms with Gasteiger partial charge in [0, 0.05) is 47.8 Å². The van der Waals surface area contributed by atoms with Gasteiger partial charge in [-0.3, -0.25) is 4.79 Å². The quantitative estimate of drug-likeness (QED) is 0.277. The summed E-state index contributed by atoms with van der Waals surface area (Å²) in [6.45, 7) is 3.29. The van der Waals surface area contributed by atoms with Gasteiger partial charge in [0.1, 0.15) is 17.0 Å². The van der Waals surface area contributed by atoms with Crippen LogP contribution < -0.4 is 5.73 Å². The molecule has 1 aliphatic heterocycles. The zero-order valence-electron chi connectivity index (χ0n) is 23.2. The topological polar surface area (TPSA) is 88.8 Å². The lowest BCUT2D eigenvalue weighted by molar-refractivity contribution is 0.0699. The predicted molar refractivity (Wildman–Crippen MR) is 156 cm³/mol. The van der Waals surface area contributed by atoms with Crippen LogP contribution in [0.3, 0.4) is 0 Å². The second kappa shape index (κ2) is 9.13. The molecule has 1 amide bonds. The van der Waals surface area contributed by atoms with Crippen LogP contribution in [0.1, 0.15) is 41.6 Å². The maximum atomic E-state index is 15.7. The van der Waals surface area contributed by atoms with Crippen LogP contribution in [0.2, 0.25) is 0 Å². The molecule has 3 atom stereocenters. The van der Waals surface area contributed by atoms with Crippen LogP contribution in [0.4, 0.5) is 8.78 Å². The third-order valence-electron chi connectivity index (χ3n) is 9.64. The zero-order valence-corrected chi connectivity index (χ0v) is 23.2. The Morgan fingerprint density at radius 3 is 2.52 bits per heavy atom. The van der Waals surface area contributed by atoms with E-state index in [0.29, 0.717) is 40.7 Å². The number of halogens is 2. The van der Waals surface area contributed by atoms with Crippen molar-refractivity contribution in [1.29, 1.82) is 0 Å². The van der Waals surface area contributed by atoms with Gasteiger partial charge in [0.15, 0.2) is 11.6 Å². The number of rotatable bonds is 5. The van der Waals surface area contributed by atoms with E-state index in [1.165, 1.54) is 22.7 Å². The third kappa shape index (κ3) is 3.86. The number of nitrogens with two attached hydrogens (primary N) is 1. The van der Waals surface area contributed by atoms with Crippen LogP contribution in [-0.4, -0.2) is 48.7 Å². The van der Waals surface area contributed by atoms with E-state index in [1.54, 1.807) is 12.3 Å². The Balaban J connectivity index is 1.23. The number of aromatic hydroxyl groups is 1. The summed E-state index contributed by atoms with van der Waals surface area (Å²) in [5.41, 5.74) is 11.8. The molecule has 1 saturated heterocycles. The summed E-state index contributed by atoms with van der Waals surface area (Å²) in [5, 5.41) is 15.8. The molecule has 9 heteroatoms. The van der Waals surface area contributed by atoms with E-state index in [0.717, 1.165) is 54.4 Å². The van der Waals surface area contributed by atoms with Gasteiger partial charge in [0.25, 0.3) is 5.91 Å². The minimum Gasteiger partial charge on any atom is -0.505 e. The number of piperidine rings is 1. The van der Waals surface area contributed by atoms with E-state index >= 15 is 4.39 Å². The van der Waals surface area contributed by atoms with E-state index in [4.69, 9.17) is 10.8 Å². The lowest BCUT2D eigenvalue weighted by atomic mass is 10.0. The zero-order chi connectivity index (χ0) is 28.9. The van der Waals surface area contributed by atoms with Gasteiger partial charge in [-0.25, -0.2) is 13.3 Å². The first-order valence-electron chi connectivity index (χ1n) is 14.6. The first-order valence-corrected chi connectivity index (χ1v) is 14.6. The molecule has 7 nitrogen and oxygen atoms in total. The smallest absolute Gasteiger partial charge is 0.255 e. The molecule has 5 aromatic rings. The second-order valence-electron chi connectivity index (χ2n) is 12.3. The van der Waals surface area contributed by atoms with Gasteiger partial charge in [-0.2, -0.15) is 5.10 Å². The summed E-state index contributed by atoms with van der Waals surface area (Å²) in [5.74, 6) is -0.853. The maximum Gasteiger partial charge on any atom is 0.255 e. The number of amides is 1. The average Bonchev–Trinajstić information content (AvgIpc) is 3.38. The maximum absolute atomic E-state index is 15.7. The Labute approximate surface area is 241 Å². The molecule has 2 aromatic carbocycles. The van der Waals surface area contributed by atoms with Gasteiger partial charge >= 0.3 is 0 Å². The van der Waals surface area contributed by atoms with Gasteiger partial charge in [-0.05, 0) is 85.9 Å². The highest BCUT2D eigenvalue weighted by atomic mass is 19.1. The molecule has 2 unspecified atom stereocenters. The van der Waals surface area contributed by atoms with Crippen molar-refractivity contribution in [2.24, 2.45) is 17.6 Å². The first-order chi connectivity index (χ1) is 20.3. The Kier molecular flexibility index (Phi) is 5.54. The molecule has 42 heavy (non-hydrogen) atoms. The van der Waals surface area contributed by atoms with Crippen LogP contribution in [0.15, 0.2) is 54.7 Å². The van der Waals surface area contributed by atoms with Gasteiger partial charge in [0.2, 0.25) is 0 Å². The molecule has 3 aliphatic rings. The molecule has 3 fully saturated rings. The van der Waals surface area contributed by atoms with Crippen molar-refractivity contribution in [2.45, 2.75) is 51.2 Å². The Morgan fingerprint density at radius 2 is 1.81 bits per heavy atom. The van der Waals surface area contributed by atoms with Crippen LogP contribution >= 0.6 is 0 Å². The number of hydrogen-bond acceptors (Lipinski definition) is 4. The van der Waals surface area contributed by atoms with Crippen molar-refractivity contribution in [2.75, 3.05) is 6.54 Å². The van der Waals surface area contributed by atoms with Crippen molar-refractivity contribution in [3.63, 3.8) is 0 Å². The fraction of sp³-hybridized carbons (Fsp3) is 0.333. The molecule has 214 valence electrons. The van der Waals surface area contributed by atoms with Crippen molar-refractivity contribution < 1.29 is 18.7 Å². The minimum atomic E-state index is -0.658. The number of carbonyl (C=O) groups is 1. The van der Waals surface area contributed by atoms with Crippen molar-refractivity contribution in [1.82, 2.24) is 19.1 Å². The summed E-state index contributed by atoms with van der Waals surface area (Å²) in [4.78, 5) is 15.3. The van der Waals surface area contributed by atoms with Crippen LogP contribution in [-0.2, 0) is 6.54 Å². The standard InChI is InChI=1S/C33H31F2N5O2/c1-17-31(37-40-16-23(10-25(35)32(17)40)33(42)39-15-22-7-9-26(39)30(22)36)28-12-21-5-4-19(20-6-8-24(34)29(41)13-20)11-27(21)38(28)14-18-2-3-18/h4-6,8,10-13,16,18,22,26,30,41H,2-3,7,9,14-15,36H2,1H3/t22?,26?,30-/m1/s1. The third-order valence-corrected chi connectivity index (χ3v) is 9.64. The lowest BCUT2D eigenvalue weighted by Gasteiger charge is -2.27. The molecule has 2 saturated carbocycles. The van der Waals surface area contributed by atoms with Gasteiger partial charge in [-0.1, -0.05) is 18.2 Å². The predicted octanol–water partition coefficient (Wildman–Crippen LogP) is 5.89. The van der Waals surface area contributed by atoms with Gasteiger partial charge < -0.3 is 20.3 Å². The van der Waals surface area contributed by atoms with Crippen LogP contribution in [0.25, 0.3) is 38.9 Å².